The fourth-order valence-corrected chi connectivity index (χ4v) is 4.35. The van der Waals surface area contributed by atoms with Crippen molar-refractivity contribution in [2.24, 2.45) is 17.9 Å². The lowest BCUT2D eigenvalue weighted by Gasteiger charge is -2.36. The number of imidazole rings is 1. The fraction of sp³-hybridized carbons (Fsp3) is 0.500. The normalized spacial score (nSPS) is 16.7. The molecule has 0 aliphatic carbocycles. The second-order valence-electron chi connectivity index (χ2n) is 11.4. The van der Waals surface area contributed by atoms with Crippen LogP contribution in [-0.2, 0) is 24.8 Å². The third-order valence-electron chi connectivity index (χ3n) is 6.04. The Balaban J connectivity index is 1.75. The largest absolute Gasteiger partial charge is 0.351 e. The molecule has 1 aliphatic heterocycles. The molecule has 1 aliphatic rings. The summed E-state index contributed by atoms with van der Waals surface area (Å²) in [6.07, 6.45) is 0.775. The van der Waals surface area contributed by atoms with Crippen molar-refractivity contribution >= 4 is 28.6 Å². The predicted octanol–water partition coefficient (Wildman–Crippen LogP) is 4.01. The van der Waals surface area contributed by atoms with Crippen LogP contribution in [0.3, 0.4) is 0 Å². The number of nitrogens with one attached hydrogen (secondary N) is 1. The van der Waals surface area contributed by atoms with Gasteiger partial charge in [-0.15, -0.1) is 0 Å². The topological polar surface area (TPSA) is 72.2 Å². The molecule has 0 saturated carbocycles. The number of rotatable bonds is 3. The van der Waals surface area contributed by atoms with E-state index in [1.54, 1.807) is 11.6 Å². The van der Waals surface area contributed by atoms with Crippen molar-refractivity contribution in [3.05, 3.63) is 52.4 Å². The lowest BCUT2D eigenvalue weighted by Crippen LogP contribution is -2.50. The van der Waals surface area contributed by atoms with E-state index in [9.17, 15) is 9.59 Å². The molecule has 1 N–H and O–H groups in total. The Bertz CT molecular complexity index is 1260. The molecule has 1 atom stereocenters. The van der Waals surface area contributed by atoms with E-state index in [1.807, 2.05) is 49.6 Å². The zero-order valence-corrected chi connectivity index (χ0v) is 20.8. The van der Waals surface area contributed by atoms with Gasteiger partial charge in [0, 0.05) is 31.2 Å². The van der Waals surface area contributed by atoms with Crippen LogP contribution in [0.15, 0.2) is 41.2 Å². The molecule has 1 aromatic carbocycles. The molecule has 2 aromatic heterocycles. The summed E-state index contributed by atoms with van der Waals surface area (Å²) >= 11 is 0. The SMILES string of the molecule is Cn1c(=O)n(CC(C)(C)C)c2ccc(N3CC(NC(=O)C(C)(C)C)Cc4ccccc43)nc21. The van der Waals surface area contributed by atoms with Crippen molar-refractivity contribution in [2.75, 3.05) is 11.4 Å². The number of hydrogen-bond donors (Lipinski definition) is 1. The number of aromatic nitrogens is 3. The standard InChI is InChI=1S/C26H35N5O2/c1-25(2,3)16-31-20-12-13-21(28-22(20)29(7)24(31)33)30-15-18(27-23(32)26(4,5)6)14-17-10-8-9-11-19(17)30/h8-13,18H,14-16H2,1-7H3,(H,27,32). The van der Waals surface area contributed by atoms with Crippen molar-refractivity contribution in [1.82, 2.24) is 19.4 Å². The van der Waals surface area contributed by atoms with Crippen molar-refractivity contribution < 1.29 is 4.79 Å². The van der Waals surface area contributed by atoms with Gasteiger partial charge in [-0.2, -0.15) is 0 Å². The quantitative estimate of drug-likeness (QED) is 0.656. The molecular formula is C26H35N5O2. The van der Waals surface area contributed by atoms with E-state index in [2.05, 4.69) is 43.1 Å². The van der Waals surface area contributed by atoms with Crippen LogP contribution in [0, 0.1) is 10.8 Å². The molecule has 7 heteroatoms. The third kappa shape index (κ3) is 4.54. The molecule has 0 saturated heterocycles. The molecule has 3 aromatic rings. The maximum Gasteiger partial charge on any atom is 0.330 e. The Labute approximate surface area is 195 Å². The van der Waals surface area contributed by atoms with Crippen LogP contribution in [-0.4, -0.2) is 32.6 Å². The summed E-state index contributed by atoms with van der Waals surface area (Å²) in [6.45, 7) is 13.4. The van der Waals surface area contributed by atoms with E-state index in [0.717, 1.165) is 23.4 Å². The van der Waals surface area contributed by atoms with Gasteiger partial charge in [0.2, 0.25) is 5.91 Å². The highest BCUT2D eigenvalue weighted by Gasteiger charge is 2.30. The van der Waals surface area contributed by atoms with Crippen LogP contribution in [0.5, 0.6) is 0 Å². The summed E-state index contributed by atoms with van der Waals surface area (Å²) < 4.78 is 3.43. The number of para-hydroxylation sites is 1. The monoisotopic (exact) mass is 449 g/mol. The van der Waals surface area contributed by atoms with Gasteiger partial charge in [-0.25, -0.2) is 9.78 Å². The van der Waals surface area contributed by atoms with E-state index in [4.69, 9.17) is 4.98 Å². The third-order valence-corrected chi connectivity index (χ3v) is 6.04. The number of carbonyl (C=O) groups is 1. The molecule has 1 amide bonds. The first-order valence-corrected chi connectivity index (χ1v) is 11.6. The number of amides is 1. The van der Waals surface area contributed by atoms with Gasteiger partial charge in [0.15, 0.2) is 5.65 Å². The van der Waals surface area contributed by atoms with Gasteiger partial charge in [-0.3, -0.25) is 13.9 Å². The van der Waals surface area contributed by atoms with E-state index < -0.39 is 5.41 Å². The molecule has 0 fully saturated rings. The molecule has 0 radical (unpaired) electrons. The first kappa shape index (κ1) is 23.1. The van der Waals surface area contributed by atoms with E-state index in [0.29, 0.717) is 18.7 Å². The van der Waals surface area contributed by atoms with Gasteiger partial charge in [-0.1, -0.05) is 59.7 Å². The second kappa shape index (κ2) is 8.04. The minimum Gasteiger partial charge on any atom is -0.351 e. The molecule has 0 spiro atoms. The van der Waals surface area contributed by atoms with Gasteiger partial charge >= 0.3 is 5.69 Å². The summed E-state index contributed by atoms with van der Waals surface area (Å²) in [5.74, 6) is 0.810. The molecule has 33 heavy (non-hydrogen) atoms. The number of aryl methyl sites for hydroxylation is 1. The number of hydrogen-bond acceptors (Lipinski definition) is 4. The van der Waals surface area contributed by atoms with Gasteiger partial charge in [0.25, 0.3) is 0 Å². The maximum absolute atomic E-state index is 12.9. The number of anilines is 2. The molecule has 0 bridgehead atoms. The van der Waals surface area contributed by atoms with E-state index in [-0.39, 0.29) is 23.1 Å². The van der Waals surface area contributed by atoms with Crippen molar-refractivity contribution in [3.8, 4) is 0 Å². The Morgan fingerprint density at radius 1 is 1.09 bits per heavy atom. The fourth-order valence-electron chi connectivity index (χ4n) is 4.35. The Kier molecular flexibility index (Phi) is 5.63. The van der Waals surface area contributed by atoms with Crippen LogP contribution in [0.1, 0.15) is 47.1 Å². The average Bonchev–Trinajstić information content (AvgIpc) is 2.95. The molecular weight excluding hydrogens is 414 g/mol. The van der Waals surface area contributed by atoms with Crippen molar-refractivity contribution in [1.29, 1.82) is 0 Å². The van der Waals surface area contributed by atoms with Crippen LogP contribution >= 0.6 is 0 Å². The highest BCUT2D eigenvalue weighted by atomic mass is 16.2. The number of carbonyl (C=O) groups excluding carboxylic acids is 1. The summed E-state index contributed by atoms with van der Waals surface area (Å²) in [5, 5.41) is 3.22. The number of benzene rings is 1. The first-order chi connectivity index (χ1) is 15.3. The summed E-state index contributed by atoms with van der Waals surface area (Å²) in [6, 6.07) is 12.2. The molecule has 7 nitrogen and oxygen atoms in total. The van der Waals surface area contributed by atoms with Crippen molar-refractivity contribution in [3.63, 3.8) is 0 Å². The minimum absolute atomic E-state index is 0.0267. The lowest BCUT2D eigenvalue weighted by atomic mass is 9.93. The number of pyridine rings is 1. The van der Waals surface area contributed by atoms with E-state index in [1.165, 1.54) is 5.56 Å². The molecule has 4 rings (SSSR count). The van der Waals surface area contributed by atoms with Gasteiger partial charge < -0.3 is 10.2 Å². The summed E-state index contributed by atoms with van der Waals surface area (Å²) in [5.41, 5.74) is 3.23. The van der Waals surface area contributed by atoms with Crippen LogP contribution < -0.4 is 15.9 Å². The average molecular weight is 450 g/mol. The van der Waals surface area contributed by atoms with Crippen LogP contribution in [0.2, 0.25) is 0 Å². The zero-order valence-electron chi connectivity index (χ0n) is 20.8. The van der Waals surface area contributed by atoms with Gasteiger partial charge in [-0.05, 0) is 35.6 Å². The number of nitrogens with zero attached hydrogens (tertiary/aromatic N) is 4. The highest BCUT2D eigenvalue weighted by molar-refractivity contribution is 5.82. The van der Waals surface area contributed by atoms with Crippen molar-refractivity contribution in [2.45, 2.75) is 60.5 Å². The number of fused-ring (bicyclic) bond motifs is 2. The summed E-state index contributed by atoms with van der Waals surface area (Å²) in [4.78, 5) is 32.7. The van der Waals surface area contributed by atoms with Crippen LogP contribution in [0.25, 0.3) is 11.2 Å². The molecule has 176 valence electrons. The molecule has 1 unspecified atom stereocenters. The smallest absolute Gasteiger partial charge is 0.330 e. The summed E-state index contributed by atoms with van der Waals surface area (Å²) in [7, 11) is 1.77. The maximum atomic E-state index is 12.9. The van der Waals surface area contributed by atoms with Gasteiger partial charge in [0.05, 0.1) is 11.6 Å². The predicted molar refractivity (Wildman–Crippen MR) is 133 cm³/mol. The van der Waals surface area contributed by atoms with Crippen LogP contribution in [0.4, 0.5) is 11.5 Å². The Hall–Kier alpha value is -3.09. The Morgan fingerprint density at radius 3 is 2.45 bits per heavy atom. The van der Waals surface area contributed by atoms with Gasteiger partial charge in [0.1, 0.15) is 5.82 Å². The molecule has 3 heterocycles. The second-order valence-corrected chi connectivity index (χ2v) is 11.4. The minimum atomic E-state index is -0.451. The lowest BCUT2D eigenvalue weighted by molar-refractivity contribution is -0.129. The Morgan fingerprint density at radius 2 is 1.79 bits per heavy atom. The zero-order chi connectivity index (χ0) is 24.1. The first-order valence-electron chi connectivity index (χ1n) is 11.6. The van der Waals surface area contributed by atoms with E-state index >= 15 is 0 Å². The highest BCUT2D eigenvalue weighted by Crippen LogP contribution is 2.33.